The van der Waals surface area contributed by atoms with Crippen LogP contribution in [0.1, 0.15) is 16.8 Å². The highest BCUT2D eigenvalue weighted by molar-refractivity contribution is 6.17. The van der Waals surface area contributed by atoms with Gasteiger partial charge in [0, 0.05) is 19.0 Å². The van der Waals surface area contributed by atoms with Gasteiger partial charge >= 0.3 is 0 Å². The second kappa shape index (κ2) is 7.96. The second-order valence-electron chi connectivity index (χ2n) is 3.79. The van der Waals surface area contributed by atoms with E-state index in [9.17, 15) is 18.0 Å². The molecule has 0 unspecified atom stereocenters. The van der Waals surface area contributed by atoms with Crippen molar-refractivity contribution in [2.75, 3.05) is 25.6 Å². The van der Waals surface area contributed by atoms with E-state index in [1.54, 1.807) is 0 Å². The molecule has 0 saturated carbocycles. The number of hydrogen-bond acceptors (Lipinski definition) is 3. The van der Waals surface area contributed by atoms with Crippen LogP contribution in [-0.4, -0.2) is 36.7 Å². The summed E-state index contributed by atoms with van der Waals surface area (Å²) in [5.41, 5.74) is -0.761. The maximum absolute atomic E-state index is 13.4. The Morgan fingerprint density at radius 2 is 2.00 bits per heavy atom. The van der Waals surface area contributed by atoms with Gasteiger partial charge in [0.05, 0.1) is 12.2 Å². The molecule has 0 atom stereocenters. The third-order valence-corrected chi connectivity index (χ3v) is 2.50. The van der Waals surface area contributed by atoms with Gasteiger partial charge in [-0.3, -0.25) is 4.79 Å². The SMILES string of the molecule is O=C(NCCCOCCCl)c1cc(F)c(F)c(O)c1F. The van der Waals surface area contributed by atoms with Gasteiger partial charge in [0.25, 0.3) is 5.91 Å². The molecule has 2 N–H and O–H groups in total. The van der Waals surface area contributed by atoms with Crippen LogP contribution in [0.15, 0.2) is 6.07 Å². The van der Waals surface area contributed by atoms with Crippen molar-refractivity contribution in [1.29, 1.82) is 0 Å². The van der Waals surface area contributed by atoms with Crippen LogP contribution in [0.25, 0.3) is 0 Å². The average molecular weight is 312 g/mol. The highest BCUT2D eigenvalue weighted by Gasteiger charge is 2.22. The van der Waals surface area contributed by atoms with E-state index in [-0.39, 0.29) is 6.54 Å². The molecule has 0 radical (unpaired) electrons. The fourth-order valence-corrected chi connectivity index (χ4v) is 1.49. The number of rotatable bonds is 7. The fraction of sp³-hybridized carbons (Fsp3) is 0.417. The Morgan fingerprint density at radius 1 is 1.30 bits per heavy atom. The van der Waals surface area contributed by atoms with Gasteiger partial charge in [-0.05, 0) is 12.5 Å². The predicted molar refractivity (Wildman–Crippen MR) is 66.5 cm³/mol. The Labute approximate surface area is 118 Å². The first-order valence-corrected chi connectivity index (χ1v) is 6.30. The van der Waals surface area contributed by atoms with Gasteiger partial charge in [-0.15, -0.1) is 11.6 Å². The van der Waals surface area contributed by atoms with E-state index in [1.165, 1.54) is 0 Å². The number of aromatic hydroxyl groups is 1. The third kappa shape index (κ3) is 4.28. The standard InChI is InChI=1S/C12H13ClF3NO3/c13-2-5-20-4-1-3-17-12(19)7-6-8(14)10(16)11(18)9(7)15/h6,18H,1-5H2,(H,17,19). The zero-order chi connectivity index (χ0) is 15.1. The molecule has 0 heterocycles. The molecule has 0 spiro atoms. The molecule has 8 heteroatoms. The highest BCUT2D eigenvalue weighted by Crippen LogP contribution is 2.25. The molecule has 1 aromatic rings. The summed E-state index contributed by atoms with van der Waals surface area (Å²) in [6.45, 7) is 0.875. The Morgan fingerprint density at radius 3 is 2.65 bits per heavy atom. The molecule has 112 valence electrons. The zero-order valence-corrected chi connectivity index (χ0v) is 11.1. The number of phenols is 1. The monoisotopic (exact) mass is 311 g/mol. The smallest absolute Gasteiger partial charge is 0.254 e. The van der Waals surface area contributed by atoms with E-state index in [2.05, 4.69) is 5.32 Å². The number of carbonyl (C=O) groups is 1. The quantitative estimate of drug-likeness (QED) is 0.461. The Bertz CT molecular complexity index is 486. The van der Waals surface area contributed by atoms with Crippen molar-refractivity contribution in [1.82, 2.24) is 5.32 Å². The molecule has 0 fully saturated rings. The van der Waals surface area contributed by atoms with Crippen molar-refractivity contribution >= 4 is 17.5 Å². The van der Waals surface area contributed by atoms with Crippen LogP contribution in [-0.2, 0) is 4.74 Å². The van der Waals surface area contributed by atoms with Gasteiger partial charge in [-0.2, -0.15) is 4.39 Å². The van der Waals surface area contributed by atoms with Gasteiger partial charge < -0.3 is 15.2 Å². The summed E-state index contributed by atoms with van der Waals surface area (Å²) in [6, 6.07) is 0.393. The van der Waals surface area contributed by atoms with E-state index in [0.29, 0.717) is 31.6 Å². The molecule has 0 saturated heterocycles. The molecule has 1 amide bonds. The number of amides is 1. The number of hydrogen-bond donors (Lipinski definition) is 2. The number of ether oxygens (including phenoxy) is 1. The van der Waals surface area contributed by atoms with Gasteiger partial charge in [0.2, 0.25) is 5.82 Å². The van der Waals surface area contributed by atoms with Crippen LogP contribution in [0.5, 0.6) is 5.75 Å². The lowest BCUT2D eigenvalue weighted by Gasteiger charge is -2.08. The van der Waals surface area contributed by atoms with Crippen LogP contribution < -0.4 is 5.32 Å². The molecular weight excluding hydrogens is 299 g/mol. The van der Waals surface area contributed by atoms with Gasteiger partial charge in [0.1, 0.15) is 0 Å². The van der Waals surface area contributed by atoms with Crippen molar-refractivity contribution in [3.63, 3.8) is 0 Å². The van der Waals surface area contributed by atoms with Gasteiger partial charge in [-0.1, -0.05) is 0 Å². The minimum atomic E-state index is -1.73. The maximum Gasteiger partial charge on any atom is 0.254 e. The number of alkyl halides is 1. The molecule has 4 nitrogen and oxygen atoms in total. The Hall–Kier alpha value is -1.47. The largest absolute Gasteiger partial charge is 0.503 e. The first-order valence-electron chi connectivity index (χ1n) is 5.77. The molecule has 20 heavy (non-hydrogen) atoms. The molecule has 0 aromatic heterocycles. The van der Waals surface area contributed by atoms with E-state index >= 15 is 0 Å². The number of phenolic OH excluding ortho intramolecular Hbond substituents is 1. The predicted octanol–water partition coefficient (Wildman–Crippen LogP) is 2.18. The normalized spacial score (nSPS) is 10.6. The maximum atomic E-state index is 13.4. The van der Waals surface area contributed by atoms with Crippen molar-refractivity contribution in [3.05, 3.63) is 29.1 Å². The summed E-state index contributed by atoms with van der Waals surface area (Å²) in [7, 11) is 0. The first kappa shape index (κ1) is 16.6. The van der Waals surface area contributed by atoms with Crippen LogP contribution >= 0.6 is 11.6 Å². The molecular formula is C12H13ClF3NO3. The topological polar surface area (TPSA) is 58.6 Å². The number of benzene rings is 1. The van der Waals surface area contributed by atoms with Crippen molar-refractivity contribution in [2.45, 2.75) is 6.42 Å². The summed E-state index contributed by atoms with van der Waals surface area (Å²) in [5, 5.41) is 11.3. The van der Waals surface area contributed by atoms with Gasteiger partial charge in [0.15, 0.2) is 17.4 Å². The lowest BCUT2D eigenvalue weighted by Crippen LogP contribution is -2.26. The van der Waals surface area contributed by atoms with E-state index in [0.717, 1.165) is 0 Å². The van der Waals surface area contributed by atoms with E-state index in [4.69, 9.17) is 21.4 Å². The number of carbonyl (C=O) groups excluding carboxylic acids is 1. The first-order chi connectivity index (χ1) is 9.49. The Balaban J connectivity index is 2.56. The molecule has 1 rings (SSSR count). The zero-order valence-electron chi connectivity index (χ0n) is 10.4. The molecule has 0 aliphatic rings. The summed E-state index contributed by atoms with van der Waals surface area (Å²) < 4.78 is 44.3. The van der Waals surface area contributed by atoms with Crippen molar-refractivity contribution in [3.8, 4) is 5.75 Å². The number of nitrogens with one attached hydrogen (secondary N) is 1. The third-order valence-electron chi connectivity index (χ3n) is 2.35. The van der Waals surface area contributed by atoms with Crippen LogP contribution in [0.3, 0.4) is 0 Å². The molecule has 0 aliphatic carbocycles. The van der Waals surface area contributed by atoms with Crippen LogP contribution in [0.4, 0.5) is 13.2 Å². The second-order valence-corrected chi connectivity index (χ2v) is 4.17. The van der Waals surface area contributed by atoms with E-state index < -0.39 is 34.7 Å². The molecule has 1 aromatic carbocycles. The lowest BCUT2D eigenvalue weighted by molar-refractivity contribution is 0.0938. The Kier molecular flexibility index (Phi) is 6.60. The lowest BCUT2D eigenvalue weighted by atomic mass is 10.1. The summed E-state index contributed by atoms with van der Waals surface area (Å²) >= 11 is 5.38. The van der Waals surface area contributed by atoms with Crippen LogP contribution in [0, 0.1) is 17.5 Å². The fourth-order valence-electron chi connectivity index (χ4n) is 1.38. The minimum absolute atomic E-state index is 0.153. The summed E-state index contributed by atoms with van der Waals surface area (Å²) in [5.74, 6) is -6.84. The van der Waals surface area contributed by atoms with Gasteiger partial charge in [-0.25, -0.2) is 8.78 Å². The minimum Gasteiger partial charge on any atom is -0.503 e. The average Bonchev–Trinajstić information content (AvgIpc) is 2.44. The van der Waals surface area contributed by atoms with Crippen molar-refractivity contribution < 1.29 is 27.8 Å². The van der Waals surface area contributed by atoms with Crippen LogP contribution in [0.2, 0.25) is 0 Å². The number of halogens is 4. The summed E-state index contributed by atoms with van der Waals surface area (Å²) in [4.78, 5) is 11.6. The molecule has 0 bridgehead atoms. The summed E-state index contributed by atoms with van der Waals surface area (Å²) in [6.07, 6.45) is 0.444. The highest BCUT2D eigenvalue weighted by atomic mass is 35.5. The van der Waals surface area contributed by atoms with E-state index in [1.807, 2.05) is 0 Å². The molecule has 0 aliphatic heterocycles. The van der Waals surface area contributed by atoms with Crippen molar-refractivity contribution in [2.24, 2.45) is 0 Å².